The largest absolute Gasteiger partial charge is 0.474 e. The predicted molar refractivity (Wildman–Crippen MR) is 123 cm³/mol. The van der Waals surface area contributed by atoms with Crippen LogP contribution in [0.3, 0.4) is 0 Å². The fourth-order valence-corrected chi connectivity index (χ4v) is 3.70. The van der Waals surface area contributed by atoms with Crippen LogP contribution in [-0.2, 0) is 27.7 Å². The van der Waals surface area contributed by atoms with Gasteiger partial charge in [-0.2, -0.15) is 0 Å². The van der Waals surface area contributed by atoms with Crippen molar-refractivity contribution in [2.24, 2.45) is 0 Å². The number of phosphoric ester groups is 1. The van der Waals surface area contributed by atoms with Gasteiger partial charge in [0.1, 0.15) is 6.61 Å². The number of ether oxygens (including phenoxy) is 1. The summed E-state index contributed by atoms with van der Waals surface area (Å²) in [5, 5.41) is 0. The molecule has 0 saturated heterocycles. The van der Waals surface area contributed by atoms with E-state index in [1.165, 1.54) is 51.4 Å². The molecule has 0 spiro atoms. The van der Waals surface area contributed by atoms with Gasteiger partial charge in [0.2, 0.25) is 0 Å². The van der Waals surface area contributed by atoms with Crippen LogP contribution >= 0.6 is 7.82 Å². The molecular formula is C23H44FO6P. The molecule has 1 atom stereocenters. The Hall–Kier alpha value is -0.750. The molecule has 0 bridgehead atoms. The Labute approximate surface area is 188 Å². The Balaban J connectivity index is 3.48. The third-order valence-corrected chi connectivity index (χ3v) is 6.29. The summed E-state index contributed by atoms with van der Waals surface area (Å²) in [5.74, 6) is -0.429. The molecule has 31 heavy (non-hydrogen) atoms. The SMILES string of the molecule is CCCCCCCC/C=C\CCCCCCCC(=O)OC[C@H](F)COP(=O)(OC)OC. The summed E-state index contributed by atoms with van der Waals surface area (Å²) < 4.78 is 44.0. The lowest BCUT2D eigenvalue weighted by atomic mass is 10.1. The summed E-state index contributed by atoms with van der Waals surface area (Å²) >= 11 is 0. The van der Waals surface area contributed by atoms with Crippen molar-refractivity contribution in [2.45, 2.75) is 103 Å². The summed E-state index contributed by atoms with van der Waals surface area (Å²) in [5.41, 5.74) is 0. The molecule has 0 aromatic carbocycles. The zero-order valence-corrected chi connectivity index (χ0v) is 20.7. The lowest BCUT2D eigenvalue weighted by Gasteiger charge is -2.15. The van der Waals surface area contributed by atoms with Crippen molar-refractivity contribution < 1.29 is 32.1 Å². The van der Waals surface area contributed by atoms with Gasteiger partial charge in [0.25, 0.3) is 0 Å². The standard InChI is InChI=1S/C23H44FO6P/c1-4-5-6-7-8-9-10-11-12-13-14-15-16-17-18-19-23(25)29-20-22(24)21-30-31(26,27-2)28-3/h11-12,22H,4-10,13-21H2,1-3H3/b12-11-/t22-/m0/s1. The van der Waals surface area contributed by atoms with Crippen molar-refractivity contribution in [3.8, 4) is 0 Å². The van der Waals surface area contributed by atoms with Crippen LogP contribution in [-0.4, -0.2) is 39.6 Å². The number of carbonyl (C=O) groups is 1. The van der Waals surface area contributed by atoms with Crippen LogP contribution in [0.1, 0.15) is 96.8 Å². The average Bonchev–Trinajstić information content (AvgIpc) is 2.78. The van der Waals surface area contributed by atoms with Crippen LogP contribution in [0.25, 0.3) is 0 Å². The second-order valence-corrected chi connectivity index (χ2v) is 9.61. The van der Waals surface area contributed by atoms with Gasteiger partial charge in [-0.1, -0.05) is 70.4 Å². The maximum absolute atomic E-state index is 13.6. The zero-order chi connectivity index (χ0) is 23.2. The monoisotopic (exact) mass is 466 g/mol. The number of hydrogen-bond acceptors (Lipinski definition) is 6. The van der Waals surface area contributed by atoms with Crippen molar-refractivity contribution >= 4 is 13.8 Å². The van der Waals surface area contributed by atoms with Crippen LogP contribution in [0, 0.1) is 0 Å². The van der Waals surface area contributed by atoms with E-state index in [-0.39, 0.29) is 6.42 Å². The molecule has 8 heteroatoms. The predicted octanol–water partition coefficient (Wildman–Crippen LogP) is 7.32. The first-order chi connectivity index (χ1) is 15.0. The lowest BCUT2D eigenvalue weighted by molar-refractivity contribution is -0.145. The highest BCUT2D eigenvalue weighted by Gasteiger charge is 2.25. The molecule has 0 rings (SSSR count). The number of halogens is 1. The molecule has 0 amide bonds. The topological polar surface area (TPSA) is 71.1 Å². The number of unbranched alkanes of at least 4 members (excludes halogenated alkanes) is 11. The van der Waals surface area contributed by atoms with Crippen molar-refractivity contribution in [3.05, 3.63) is 12.2 Å². The van der Waals surface area contributed by atoms with E-state index >= 15 is 0 Å². The van der Waals surface area contributed by atoms with E-state index in [2.05, 4.69) is 28.1 Å². The molecule has 6 nitrogen and oxygen atoms in total. The van der Waals surface area contributed by atoms with E-state index < -0.39 is 33.2 Å². The average molecular weight is 467 g/mol. The minimum absolute atomic E-state index is 0.278. The molecule has 0 aliphatic carbocycles. The number of carbonyl (C=O) groups excluding carboxylic acids is 1. The van der Waals surface area contributed by atoms with Crippen LogP contribution in [0.5, 0.6) is 0 Å². The van der Waals surface area contributed by atoms with E-state index in [1.807, 2.05) is 0 Å². The molecule has 0 unspecified atom stereocenters. The van der Waals surface area contributed by atoms with E-state index in [0.717, 1.165) is 46.3 Å². The maximum Gasteiger partial charge on any atom is 0.474 e. The van der Waals surface area contributed by atoms with Gasteiger partial charge in [0, 0.05) is 20.6 Å². The van der Waals surface area contributed by atoms with E-state index in [1.54, 1.807) is 0 Å². The van der Waals surface area contributed by atoms with Gasteiger partial charge in [0.05, 0.1) is 6.61 Å². The third-order valence-electron chi connectivity index (χ3n) is 4.93. The number of allylic oxidation sites excluding steroid dienone is 2. The van der Waals surface area contributed by atoms with Gasteiger partial charge in [-0.15, -0.1) is 0 Å². The highest BCUT2D eigenvalue weighted by Crippen LogP contribution is 2.47. The van der Waals surface area contributed by atoms with Crippen molar-refractivity contribution in [1.82, 2.24) is 0 Å². The fraction of sp³-hybridized carbons (Fsp3) is 0.870. The summed E-state index contributed by atoms with van der Waals surface area (Å²) in [6, 6.07) is 0. The number of hydrogen-bond donors (Lipinski definition) is 0. The van der Waals surface area contributed by atoms with Gasteiger partial charge < -0.3 is 4.74 Å². The van der Waals surface area contributed by atoms with Crippen molar-refractivity contribution in [1.29, 1.82) is 0 Å². The highest BCUT2D eigenvalue weighted by molar-refractivity contribution is 7.48. The summed E-state index contributed by atoms with van der Waals surface area (Å²) in [6.45, 7) is 1.28. The molecule has 0 aromatic rings. The highest BCUT2D eigenvalue weighted by atomic mass is 31.2. The summed E-state index contributed by atoms with van der Waals surface area (Å²) in [7, 11) is -1.42. The molecular weight excluding hydrogens is 422 g/mol. The maximum atomic E-state index is 13.6. The smallest absolute Gasteiger partial charge is 0.462 e. The van der Waals surface area contributed by atoms with E-state index in [9.17, 15) is 13.8 Å². The molecule has 0 heterocycles. The van der Waals surface area contributed by atoms with Crippen LogP contribution < -0.4 is 0 Å². The Morgan fingerprint density at radius 1 is 0.839 bits per heavy atom. The molecule has 0 saturated carbocycles. The second kappa shape index (κ2) is 21.1. The Morgan fingerprint density at radius 3 is 1.90 bits per heavy atom. The zero-order valence-electron chi connectivity index (χ0n) is 19.8. The Bertz CT molecular complexity index is 492. The first-order valence-electron chi connectivity index (χ1n) is 11.8. The molecule has 184 valence electrons. The minimum atomic E-state index is -3.71. The van der Waals surface area contributed by atoms with Crippen molar-refractivity contribution in [3.63, 3.8) is 0 Å². The minimum Gasteiger partial charge on any atom is -0.462 e. The summed E-state index contributed by atoms with van der Waals surface area (Å²) in [4.78, 5) is 11.7. The lowest BCUT2D eigenvalue weighted by Crippen LogP contribution is -2.19. The Kier molecular flexibility index (Phi) is 20.6. The van der Waals surface area contributed by atoms with Crippen molar-refractivity contribution in [2.75, 3.05) is 27.4 Å². The molecule has 0 radical (unpaired) electrons. The molecule has 0 aliphatic rings. The molecule has 0 N–H and O–H groups in total. The van der Waals surface area contributed by atoms with E-state index in [0.29, 0.717) is 0 Å². The molecule has 0 aromatic heterocycles. The summed E-state index contributed by atoms with van der Waals surface area (Å²) in [6.07, 6.45) is 18.8. The second-order valence-electron chi connectivity index (χ2n) is 7.72. The quantitative estimate of drug-likeness (QED) is 0.0720. The van der Waals surface area contributed by atoms with Crippen LogP contribution in [0.4, 0.5) is 4.39 Å². The van der Waals surface area contributed by atoms with Gasteiger partial charge in [-0.25, -0.2) is 8.96 Å². The Morgan fingerprint density at radius 2 is 1.35 bits per heavy atom. The number of rotatable bonds is 22. The normalized spacial score (nSPS) is 13.0. The number of phosphoric acid groups is 1. The third kappa shape index (κ3) is 19.6. The molecule has 0 aliphatic heterocycles. The first-order valence-corrected chi connectivity index (χ1v) is 13.2. The van der Waals surface area contributed by atoms with Gasteiger partial charge in [-0.05, 0) is 32.1 Å². The number of alkyl halides is 1. The van der Waals surface area contributed by atoms with Gasteiger partial charge in [-0.3, -0.25) is 18.4 Å². The van der Waals surface area contributed by atoms with Gasteiger partial charge in [0.15, 0.2) is 6.17 Å². The van der Waals surface area contributed by atoms with Crippen LogP contribution in [0.2, 0.25) is 0 Å². The molecule has 0 fully saturated rings. The van der Waals surface area contributed by atoms with Crippen LogP contribution in [0.15, 0.2) is 12.2 Å². The number of esters is 1. The van der Waals surface area contributed by atoms with Gasteiger partial charge >= 0.3 is 13.8 Å². The first kappa shape index (κ1) is 30.2. The van der Waals surface area contributed by atoms with E-state index in [4.69, 9.17) is 9.26 Å². The fourth-order valence-electron chi connectivity index (χ4n) is 3.00.